The second kappa shape index (κ2) is 19.0. The van der Waals surface area contributed by atoms with E-state index in [9.17, 15) is 0 Å². The molecule has 8 aromatic carbocycles. The summed E-state index contributed by atoms with van der Waals surface area (Å²) in [6.45, 7) is 29.5. The minimum atomic E-state index is -0.111. The largest absolute Gasteiger partial charge is 0.509 e. The van der Waals surface area contributed by atoms with Crippen molar-refractivity contribution in [3.8, 4) is 39.6 Å². The van der Waals surface area contributed by atoms with E-state index in [0.29, 0.717) is 11.5 Å². The molecular formula is C70H65N4O2Pt-3. The average molecular weight is 1190 g/mol. The summed E-state index contributed by atoms with van der Waals surface area (Å²) < 4.78 is 15.8. The molecule has 0 unspecified atom stereocenters. The van der Waals surface area contributed by atoms with E-state index in [1.165, 1.54) is 44.5 Å². The molecule has 390 valence electrons. The van der Waals surface area contributed by atoms with Crippen LogP contribution in [0.3, 0.4) is 0 Å². The third-order valence-corrected chi connectivity index (χ3v) is 15.2. The first-order chi connectivity index (χ1) is 36.2. The van der Waals surface area contributed by atoms with E-state index >= 15 is 0 Å². The number of aromatic nitrogens is 2. The fraction of sp³-hybridized carbons (Fsp3) is 0.229. The van der Waals surface area contributed by atoms with E-state index in [4.69, 9.17) is 14.1 Å². The van der Waals surface area contributed by atoms with Crippen LogP contribution in [0.25, 0.3) is 71.8 Å². The van der Waals surface area contributed by atoms with Gasteiger partial charge < -0.3 is 23.5 Å². The molecule has 6 nitrogen and oxygen atoms in total. The summed E-state index contributed by atoms with van der Waals surface area (Å²) in [5.74, 6) is 1.91. The van der Waals surface area contributed by atoms with Crippen molar-refractivity contribution in [1.82, 2.24) is 9.55 Å². The Hall–Kier alpha value is -7.40. The standard InChI is InChI=1S/C70H65N4O2.Pt/c1-67(2,3)47-29-24-45(25-30-47)56-38-50(70(10,11)12)39-57(46-26-31-48(32-27-46)68(4,5)6)64(56)73-43-72(58-22-15-16-23-59(58)73)51-19-17-20-52(41-51)75-53-33-34-55-60(42-53)74(62-40-49(36-37-71-62)69(7,8)9)65-63-54-21-14-13-18-44(54)28-35-61(63)76-66(55)65;/h13-40,43H,1-12H3;/q-3;. The summed E-state index contributed by atoms with van der Waals surface area (Å²) >= 11 is 0. The molecule has 0 N–H and O–H groups in total. The number of nitrogens with zero attached hydrogens (tertiary/aromatic N) is 4. The number of rotatable bonds is 7. The zero-order valence-electron chi connectivity index (χ0n) is 46.2. The minimum Gasteiger partial charge on any atom is -0.509 e. The molecule has 11 aromatic rings. The first kappa shape index (κ1) is 51.7. The van der Waals surface area contributed by atoms with Crippen molar-refractivity contribution >= 4 is 66.5 Å². The van der Waals surface area contributed by atoms with Gasteiger partial charge in [-0.1, -0.05) is 185 Å². The number of benzene rings is 8. The molecule has 3 aromatic heterocycles. The van der Waals surface area contributed by atoms with Crippen LogP contribution in [0.5, 0.6) is 11.5 Å². The first-order valence-corrected chi connectivity index (χ1v) is 26.6. The first-order valence-electron chi connectivity index (χ1n) is 26.6. The molecule has 0 aliphatic carbocycles. The predicted octanol–water partition coefficient (Wildman–Crippen LogP) is 19.4. The number of ether oxygens (including phenoxy) is 1. The smallest absolute Gasteiger partial charge is 0.136 e. The van der Waals surface area contributed by atoms with E-state index < -0.39 is 0 Å². The van der Waals surface area contributed by atoms with E-state index in [0.717, 1.165) is 72.3 Å². The van der Waals surface area contributed by atoms with Crippen LogP contribution >= 0.6 is 0 Å². The summed E-state index contributed by atoms with van der Waals surface area (Å²) in [4.78, 5) is 9.61. The Kier molecular flexibility index (Phi) is 12.7. The van der Waals surface area contributed by atoms with Gasteiger partial charge in [0.05, 0.1) is 10.9 Å². The van der Waals surface area contributed by atoms with Crippen LogP contribution in [-0.4, -0.2) is 9.55 Å². The minimum absolute atomic E-state index is 0. The number of furan rings is 1. The fourth-order valence-electron chi connectivity index (χ4n) is 10.8. The Labute approximate surface area is 468 Å². The van der Waals surface area contributed by atoms with Crippen LogP contribution in [0.2, 0.25) is 0 Å². The molecule has 0 fully saturated rings. The summed E-state index contributed by atoms with van der Waals surface area (Å²) in [5.41, 5.74) is 17.0. The molecule has 7 heteroatoms. The molecule has 12 rings (SSSR count). The van der Waals surface area contributed by atoms with E-state index in [1.54, 1.807) is 0 Å². The van der Waals surface area contributed by atoms with Gasteiger partial charge in [0.1, 0.15) is 17.0 Å². The molecule has 0 atom stereocenters. The molecule has 0 bridgehead atoms. The van der Waals surface area contributed by atoms with E-state index in [1.807, 2.05) is 24.4 Å². The molecule has 1 aliphatic rings. The number of hydrogen-bond acceptors (Lipinski definition) is 5. The van der Waals surface area contributed by atoms with Crippen molar-refractivity contribution in [1.29, 1.82) is 0 Å². The third kappa shape index (κ3) is 9.33. The Morgan fingerprint density at radius 3 is 1.71 bits per heavy atom. The van der Waals surface area contributed by atoms with Gasteiger partial charge in [0.2, 0.25) is 0 Å². The molecule has 0 saturated heterocycles. The van der Waals surface area contributed by atoms with Gasteiger partial charge in [0.25, 0.3) is 0 Å². The maximum absolute atomic E-state index is 6.82. The van der Waals surface area contributed by atoms with E-state index in [2.05, 4.69) is 262 Å². The number of hydrogen-bond donors (Lipinski definition) is 0. The Bertz CT molecular complexity index is 3960. The maximum Gasteiger partial charge on any atom is 0.136 e. The van der Waals surface area contributed by atoms with Gasteiger partial charge in [0, 0.05) is 67.0 Å². The van der Waals surface area contributed by atoms with Crippen molar-refractivity contribution in [2.45, 2.75) is 105 Å². The number of fused-ring (bicyclic) bond motifs is 8. The van der Waals surface area contributed by atoms with Crippen LogP contribution < -0.4 is 14.5 Å². The molecule has 0 saturated carbocycles. The van der Waals surface area contributed by atoms with E-state index in [-0.39, 0.29) is 42.7 Å². The average Bonchev–Trinajstić information content (AvgIpc) is 4.07. The molecule has 0 spiro atoms. The fourth-order valence-corrected chi connectivity index (χ4v) is 10.8. The quantitative estimate of drug-likeness (QED) is 0.149. The van der Waals surface area contributed by atoms with Gasteiger partial charge in [-0.3, -0.25) is 0 Å². The number of anilines is 4. The zero-order chi connectivity index (χ0) is 53.1. The van der Waals surface area contributed by atoms with Gasteiger partial charge in [-0.2, -0.15) is 12.1 Å². The topological polar surface area (TPSA) is 46.7 Å². The van der Waals surface area contributed by atoms with Crippen LogP contribution in [0, 0.1) is 18.8 Å². The third-order valence-electron chi connectivity index (χ3n) is 15.2. The molecule has 1 aliphatic heterocycles. The number of pyridine rings is 1. The van der Waals surface area contributed by atoms with Crippen molar-refractivity contribution in [3.05, 3.63) is 211 Å². The SMILES string of the molecule is CC(C)(C)c1ccc(-c2cc(C(C)(C)C)cc(-c3ccc(C(C)(C)C)cc3)c2N2[CH-]N(c3[c-]c(Oc4[c-]c5c(cc4)c4oc6ccc7ccccc7c6c4n5-c4cc(C(C)(C)C)ccn4)ccc3)c3ccccc32)cc1.[Pt]. The van der Waals surface area contributed by atoms with Crippen LogP contribution in [0.4, 0.5) is 22.7 Å². The summed E-state index contributed by atoms with van der Waals surface area (Å²) in [5, 5.41) is 4.24. The Balaban J connectivity index is 0.00000631. The maximum atomic E-state index is 6.82. The second-order valence-electron chi connectivity index (χ2n) is 24.7. The van der Waals surface area contributed by atoms with Gasteiger partial charge >= 0.3 is 0 Å². The van der Waals surface area contributed by atoms with Gasteiger partial charge in [0.15, 0.2) is 0 Å². The second-order valence-corrected chi connectivity index (χ2v) is 24.7. The van der Waals surface area contributed by atoms with Gasteiger partial charge in [-0.15, -0.1) is 42.7 Å². The van der Waals surface area contributed by atoms with Crippen LogP contribution in [0.1, 0.15) is 105 Å². The van der Waals surface area contributed by atoms with Crippen molar-refractivity contribution in [2.24, 2.45) is 0 Å². The van der Waals surface area contributed by atoms with Crippen LogP contribution in [-0.2, 0) is 42.7 Å². The Morgan fingerprint density at radius 1 is 0.506 bits per heavy atom. The summed E-state index contributed by atoms with van der Waals surface area (Å²) in [6.07, 6.45) is 1.90. The summed E-state index contributed by atoms with van der Waals surface area (Å²) in [6, 6.07) is 66.4. The van der Waals surface area contributed by atoms with Crippen LogP contribution in [0.15, 0.2) is 174 Å². The zero-order valence-corrected chi connectivity index (χ0v) is 48.4. The molecule has 4 heterocycles. The molecule has 0 amide bonds. The van der Waals surface area contributed by atoms with Crippen molar-refractivity contribution < 1.29 is 30.2 Å². The summed E-state index contributed by atoms with van der Waals surface area (Å²) in [7, 11) is 0. The Morgan fingerprint density at radius 2 is 1.09 bits per heavy atom. The van der Waals surface area contributed by atoms with Crippen molar-refractivity contribution in [3.63, 3.8) is 0 Å². The van der Waals surface area contributed by atoms with Gasteiger partial charge in [-0.25, -0.2) is 4.98 Å². The molecule has 77 heavy (non-hydrogen) atoms. The van der Waals surface area contributed by atoms with Crippen molar-refractivity contribution in [2.75, 3.05) is 9.80 Å². The van der Waals surface area contributed by atoms with Gasteiger partial charge in [-0.05, 0) is 108 Å². The molecular weight excluding hydrogens is 1120 g/mol. The predicted molar refractivity (Wildman–Crippen MR) is 317 cm³/mol. The molecule has 0 radical (unpaired) electrons. The normalized spacial score (nSPS) is 13.2. The monoisotopic (exact) mass is 1190 g/mol. The number of para-hydroxylation sites is 2.